The molecule has 2 aromatic rings. The fourth-order valence-electron chi connectivity index (χ4n) is 4.98. The van der Waals surface area contributed by atoms with Crippen LogP contribution in [0.2, 0.25) is 0 Å². The number of aryl methyl sites for hydroxylation is 1. The summed E-state index contributed by atoms with van der Waals surface area (Å²) < 4.78 is 71.6. The van der Waals surface area contributed by atoms with Crippen LogP contribution in [-0.2, 0) is 38.4 Å². The van der Waals surface area contributed by atoms with Crippen molar-refractivity contribution in [2.24, 2.45) is 11.8 Å². The average Bonchev–Trinajstić information content (AvgIpc) is 3.32. The van der Waals surface area contributed by atoms with E-state index in [4.69, 9.17) is 24.5 Å². The van der Waals surface area contributed by atoms with Gasteiger partial charge in [0.2, 0.25) is 5.82 Å². The van der Waals surface area contributed by atoms with Crippen molar-refractivity contribution < 1.29 is 56.0 Å². The first kappa shape index (κ1) is 37.4. The summed E-state index contributed by atoms with van der Waals surface area (Å²) in [6, 6.07) is 10.8. The molecule has 0 spiro atoms. The Morgan fingerprint density at radius 3 is 2.11 bits per heavy atom. The van der Waals surface area contributed by atoms with Crippen LogP contribution in [0.4, 0.5) is 22.0 Å². The maximum atomic E-state index is 14.4. The highest BCUT2D eigenvalue weighted by atomic mass is 19.4. The molecule has 0 saturated heterocycles. The topological polar surface area (TPSA) is 122 Å². The number of fused-ring (bicyclic) bond motifs is 1. The lowest BCUT2D eigenvalue weighted by Gasteiger charge is -2.31. The lowest BCUT2D eigenvalue weighted by molar-refractivity contribution is -0.192. The Morgan fingerprint density at radius 2 is 1.60 bits per heavy atom. The fourth-order valence-corrected chi connectivity index (χ4v) is 4.98. The SMILES string of the molecule is CC(C)CC(=O)O[C@H](CNC(C)(C)CC1Cc2ccccc2C1)COc1cc(CCC(=O)O)cc(F)c1F.O=C(O)C(F)(F)F. The molecule has 8 nitrogen and oxygen atoms in total. The highest BCUT2D eigenvalue weighted by molar-refractivity contribution is 5.73. The van der Waals surface area contributed by atoms with Crippen LogP contribution >= 0.6 is 0 Å². The Kier molecular flexibility index (Phi) is 13.8. The second-order valence-electron chi connectivity index (χ2n) is 12.1. The van der Waals surface area contributed by atoms with Crippen molar-refractivity contribution in [1.29, 1.82) is 0 Å². The number of carbonyl (C=O) groups excluding carboxylic acids is 1. The third-order valence-electron chi connectivity index (χ3n) is 6.97. The van der Waals surface area contributed by atoms with E-state index in [1.165, 1.54) is 17.2 Å². The third-order valence-corrected chi connectivity index (χ3v) is 6.97. The molecule has 3 rings (SSSR count). The summed E-state index contributed by atoms with van der Waals surface area (Å²) in [5.41, 5.74) is 2.83. The smallest absolute Gasteiger partial charge is 0.486 e. The number of hydrogen-bond donors (Lipinski definition) is 3. The molecule has 0 aromatic heterocycles. The van der Waals surface area contributed by atoms with Crippen LogP contribution < -0.4 is 10.1 Å². The first-order chi connectivity index (χ1) is 20.9. The number of halogens is 5. The molecule has 1 atom stereocenters. The minimum Gasteiger partial charge on any atom is -0.486 e. The molecule has 0 amide bonds. The summed E-state index contributed by atoms with van der Waals surface area (Å²) in [5, 5.41) is 19.5. The molecule has 0 unspecified atom stereocenters. The maximum absolute atomic E-state index is 14.4. The Balaban J connectivity index is 0.000000900. The molecule has 45 heavy (non-hydrogen) atoms. The van der Waals surface area contributed by atoms with Crippen molar-refractivity contribution in [2.45, 2.75) is 84.0 Å². The van der Waals surface area contributed by atoms with Gasteiger partial charge in [-0.15, -0.1) is 0 Å². The van der Waals surface area contributed by atoms with Gasteiger partial charge in [0, 0.05) is 24.9 Å². The lowest BCUT2D eigenvalue weighted by atomic mass is 9.88. The van der Waals surface area contributed by atoms with E-state index in [0.29, 0.717) is 11.5 Å². The van der Waals surface area contributed by atoms with Gasteiger partial charge in [-0.1, -0.05) is 38.1 Å². The molecule has 250 valence electrons. The molecule has 0 saturated carbocycles. The zero-order valence-electron chi connectivity index (χ0n) is 25.7. The second-order valence-corrected chi connectivity index (χ2v) is 12.1. The predicted octanol–water partition coefficient (Wildman–Crippen LogP) is 6.13. The van der Waals surface area contributed by atoms with Gasteiger partial charge in [0.25, 0.3) is 0 Å². The summed E-state index contributed by atoms with van der Waals surface area (Å²) in [4.78, 5) is 32.2. The van der Waals surface area contributed by atoms with Crippen LogP contribution in [0, 0.1) is 23.5 Å². The Hall–Kier alpha value is -3.74. The van der Waals surface area contributed by atoms with Gasteiger partial charge in [-0.2, -0.15) is 17.6 Å². The number of esters is 1. The fraction of sp³-hybridized carbons (Fsp3) is 0.531. The standard InChI is InChI=1S/C30H39F2NO5.C2HF3O2/c1-19(2)11-28(36)38-24(18-37-26-15-20(9-10-27(34)35)14-25(31)29(26)32)17-33-30(3,4)16-21-12-22-7-5-6-8-23(22)13-21;3-2(4,5)1(6)7/h5-8,14-15,19,21,24,33H,9-13,16-18H2,1-4H3,(H,34,35);(H,6,7)/t24-;/m1./s1. The van der Waals surface area contributed by atoms with Crippen molar-refractivity contribution in [3.05, 3.63) is 64.7 Å². The Bertz CT molecular complexity index is 1290. The van der Waals surface area contributed by atoms with Gasteiger partial charge in [-0.3, -0.25) is 9.59 Å². The van der Waals surface area contributed by atoms with E-state index >= 15 is 0 Å². The van der Waals surface area contributed by atoms with E-state index < -0.39 is 35.9 Å². The molecular formula is C32H40F5NO7. The number of carboxylic acid groups (broad SMARTS) is 2. The second kappa shape index (κ2) is 16.5. The first-order valence-corrected chi connectivity index (χ1v) is 14.5. The number of carbonyl (C=O) groups is 3. The molecule has 13 heteroatoms. The van der Waals surface area contributed by atoms with Crippen molar-refractivity contribution in [2.75, 3.05) is 13.2 Å². The minimum absolute atomic E-state index is 0.0382. The summed E-state index contributed by atoms with van der Waals surface area (Å²) in [7, 11) is 0. The van der Waals surface area contributed by atoms with Gasteiger partial charge in [-0.05, 0) is 80.2 Å². The van der Waals surface area contributed by atoms with Crippen molar-refractivity contribution in [3.63, 3.8) is 0 Å². The van der Waals surface area contributed by atoms with Crippen LogP contribution in [-0.4, -0.2) is 59.1 Å². The van der Waals surface area contributed by atoms with E-state index in [1.54, 1.807) is 0 Å². The highest BCUT2D eigenvalue weighted by Crippen LogP contribution is 2.32. The van der Waals surface area contributed by atoms with Gasteiger partial charge < -0.3 is 25.0 Å². The van der Waals surface area contributed by atoms with E-state index in [2.05, 4.69) is 43.4 Å². The van der Waals surface area contributed by atoms with Crippen molar-refractivity contribution in [1.82, 2.24) is 5.32 Å². The first-order valence-electron chi connectivity index (χ1n) is 14.5. The van der Waals surface area contributed by atoms with E-state index in [9.17, 15) is 31.5 Å². The number of rotatable bonds is 14. The Labute approximate surface area is 258 Å². The Morgan fingerprint density at radius 1 is 1.02 bits per heavy atom. The van der Waals surface area contributed by atoms with Gasteiger partial charge >= 0.3 is 24.1 Å². The number of alkyl halides is 3. The highest BCUT2D eigenvalue weighted by Gasteiger charge is 2.38. The van der Waals surface area contributed by atoms with Crippen LogP contribution in [0.25, 0.3) is 0 Å². The zero-order chi connectivity index (χ0) is 33.9. The molecule has 0 aliphatic heterocycles. The molecule has 0 bridgehead atoms. The summed E-state index contributed by atoms with van der Waals surface area (Å²) >= 11 is 0. The largest absolute Gasteiger partial charge is 0.490 e. The van der Waals surface area contributed by atoms with Gasteiger partial charge in [0.1, 0.15) is 12.7 Å². The van der Waals surface area contributed by atoms with Gasteiger partial charge in [0.05, 0.1) is 0 Å². The molecular weight excluding hydrogens is 605 g/mol. The van der Waals surface area contributed by atoms with E-state index in [-0.39, 0.29) is 55.6 Å². The molecule has 1 aliphatic rings. The lowest BCUT2D eigenvalue weighted by Crippen LogP contribution is -2.47. The van der Waals surface area contributed by atoms with E-state index in [1.807, 2.05) is 13.8 Å². The zero-order valence-corrected chi connectivity index (χ0v) is 25.7. The van der Waals surface area contributed by atoms with Crippen LogP contribution in [0.1, 0.15) is 63.6 Å². The molecule has 0 radical (unpaired) electrons. The van der Waals surface area contributed by atoms with Crippen molar-refractivity contribution in [3.8, 4) is 5.75 Å². The summed E-state index contributed by atoms with van der Waals surface area (Å²) in [6.07, 6.45) is -2.79. The summed E-state index contributed by atoms with van der Waals surface area (Å²) in [6.45, 7) is 8.12. The minimum atomic E-state index is -5.08. The average molecular weight is 646 g/mol. The molecule has 1 aliphatic carbocycles. The van der Waals surface area contributed by atoms with Crippen LogP contribution in [0.3, 0.4) is 0 Å². The molecule has 0 fully saturated rings. The summed E-state index contributed by atoms with van der Waals surface area (Å²) in [5.74, 6) is -6.19. The van der Waals surface area contributed by atoms with Crippen molar-refractivity contribution >= 4 is 17.9 Å². The van der Waals surface area contributed by atoms with Crippen LogP contribution in [0.15, 0.2) is 36.4 Å². The molecule has 0 heterocycles. The van der Waals surface area contributed by atoms with Crippen LogP contribution in [0.5, 0.6) is 5.75 Å². The van der Waals surface area contributed by atoms with E-state index in [0.717, 1.165) is 25.3 Å². The van der Waals surface area contributed by atoms with Gasteiger partial charge in [-0.25, -0.2) is 9.18 Å². The molecule has 2 aromatic carbocycles. The quantitative estimate of drug-likeness (QED) is 0.166. The number of nitrogens with one attached hydrogen (secondary N) is 1. The molecule has 3 N–H and O–H groups in total. The number of ether oxygens (including phenoxy) is 2. The normalized spacial score (nSPS) is 13.9. The third kappa shape index (κ3) is 13.4. The predicted molar refractivity (Wildman–Crippen MR) is 155 cm³/mol. The number of hydrogen-bond acceptors (Lipinski definition) is 6. The number of aliphatic carboxylic acids is 2. The number of carboxylic acids is 2. The van der Waals surface area contributed by atoms with Gasteiger partial charge in [0.15, 0.2) is 11.6 Å². The maximum Gasteiger partial charge on any atom is 0.490 e. The number of benzene rings is 2. The monoisotopic (exact) mass is 645 g/mol.